The predicted octanol–water partition coefficient (Wildman–Crippen LogP) is 3.77. The van der Waals surface area contributed by atoms with Gasteiger partial charge in [-0.15, -0.1) is 0 Å². The van der Waals surface area contributed by atoms with Gasteiger partial charge in [0.05, 0.1) is 5.56 Å². The molecule has 110 valence electrons. The number of rotatable bonds is 2. The molecule has 1 amide bonds. The zero-order chi connectivity index (χ0) is 14.7. The van der Waals surface area contributed by atoms with Gasteiger partial charge in [0.1, 0.15) is 0 Å². The topological polar surface area (TPSA) is 23.6 Å². The molecule has 1 fully saturated rings. The number of carbonyl (C=O) groups excluding carboxylic acids is 1. The van der Waals surface area contributed by atoms with E-state index in [0.29, 0.717) is 6.04 Å². The quantitative estimate of drug-likeness (QED) is 0.750. The Morgan fingerprint density at radius 1 is 1.35 bits per heavy atom. The lowest BCUT2D eigenvalue weighted by molar-refractivity contribution is 0.0675. The van der Waals surface area contributed by atoms with Crippen molar-refractivity contribution in [2.75, 3.05) is 26.7 Å². The molecule has 1 atom stereocenters. The number of hydrogen-bond donors (Lipinski definition) is 0. The smallest absolute Gasteiger partial charge is 0.255 e. The van der Waals surface area contributed by atoms with Gasteiger partial charge in [0.15, 0.2) is 0 Å². The Kier molecular flexibility index (Phi) is 5.64. The molecule has 0 aliphatic carbocycles. The van der Waals surface area contributed by atoms with E-state index in [9.17, 15) is 4.79 Å². The Morgan fingerprint density at radius 3 is 2.75 bits per heavy atom. The molecule has 1 aromatic carbocycles. The minimum atomic E-state index is 0.131. The van der Waals surface area contributed by atoms with Crippen LogP contribution in [-0.4, -0.2) is 48.4 Å². The summed E-state index contributed by atoms with van der Waals surface area (Å²) in [7, 11) is 2.13. The van der Waals surface area contributed by atoms with Gasteiger partial charge in [-0.2, -0.15) is 0 Å². The first kappa shape index (κ1) is 16.0. The van der Waals surface area contributed by atoms with E-state index in [-0.39, 0.29) is 5.91 Å². The lowest BCUT2D eigenvalue weighted by atomic mass is 10.1. The van der Waals surface area contributed by atoms with Crippen LogP contribution in [0.5, 0.6) is 0 Å². The fraction of sp³-hybridized carbons (Fsp3) is 0.533. The van der Waals surface area contributed by atoms with Crippen LogP contribution in [0.4, 0.5) is 0 Å². The fourth-order valence-electron chi connectivity index (χ4n) is 2.68. The summed E-state index contributed by atoms with van der Waals surface area (Å²) in [6, 6.07) is 6.03. The second kappa shape index (κ2) is 7.05. The van der Waals surface area contributed by atoms with Crippen LogP contribution in [-0.2, 0) is 0 Å². The third kappa shape index (κ3) is 3.62. The van der Waals surface area contributed by atoms with Gasteiger partial charge in [-0.05, 0) is 60.6 Å². The highest BCUT2D eigenvalue weighted by Gasteiger charge is 2.27. The average Bonchev–Trinajstić information content (AvgIpc) is 2.59. The van der Waals surface area contributed by atoms with Gasteiger partial charge in [-0.25, -0.2) is 0 Å². The summed E-state index contributed by atoms with van der Waals surface area (Å²) >= 11 is 6.93. The SMILES string of the molecule is CCC1CN(C)CCCN1C(=O)c1ccc(Br)cc1Br. The molecule has 2 rings (SSSR count). The number of halogens is 2. The van der Waals surface area contributed by atoms with Crippen molar-refractivity contribution < 1.29 is 4.79 Å². The lowest BCUT2D eigenvalue weighted by Gasteiger charge is -2.30. The van der Waals surface area contributed by atoms with Gasteiger partial charge in [-0.3, -0.25) is 4.79 Å². The van der Waals surface area contributed by atoms with Crippen LogP contribution in [0.2, 0.25) is 0 Å². The van der Waals surface area contributed by atoms with E-state index in [4.69, 9.17) is 0 Å². The second-order valence-corrected chi connectivity index (χ2v) is 7.07. The summed E-state index contributed by atoms with van der Waals surface area (Å²) in [6.07, 6.45) is 2.02. The largest absolute Gasteiger partial charge is 0.334 e. The van der Waals surface area contributed by atoms with Crippen molar-refractivity contribution in [2.45, 2.75) is 25.8 Å². The molecule has 5 heteroatoms. The molecular formula is C15H20Br2N2O. The number of amides is 1. The number of hydrogen-bond acceptors (Lipinski definition) is 2. The molecular weight excluding hydrogens is 384 g/mol. The zero-order valence-electron chi connectivity index (χ0n) is 11.9. The van der Waals surface area contributed by atoms with Crippen molar-refractivity contribution in [1.82, 2.24) is 9.80 Å². The summed E-state index contributed by atoms with van der Waals surface area (Å²) in [5, 5.41) is 0. The van der Waals surface area contributed by atoms with E-state index in [2.05, 4.69) is 50.7 Å². The van der Waals surface area contributed by atoms with E-state index in [1.807, 2.05) is 23.1 Å². The molecule has 1 aliphatic rings. The Balaban J connectivity index is 2.25. The van der Waals surface area contributed by atoms with Gasteiger partial charge in [0.2, 0.25) is 0 Å². The first-order valence-electron chi connectivity index (χ1n) is 6.97. The molecule has 1 heterocycles. The highest BCUT2D eigenvalue weighted by Crippen LogP contribution is 2.25. The molecule has 0 saturated carbocycles. The standard InChI is InChI=1S/C15H20Br2N2O/c1-3-12-10-18(2)7-4-8-19(12)15(20)13-6-5-11(16)9-14(13)17/h5-6,9,12H,3-4,7-8,10H2,1-2H3. The van der Waals surface area contributed by atoms with Gasteiger partial charge in [0.25, 0.3) is 5.91 Å². The molecule has 0 spiro atoms. The average molecular weight is 404 g/mol. The van der Waals surface area contributed by atoms with E-state index >= 15 is 0 Å². The number of nitrogens with zero attached hydrogens (tertiary/aromatic N) is 2. The Hall–Kier alpha value is -0.390. The third-order valence-corrected chi connectivity index (χ3v) is 4.95. The fourth-order valence-corrected chi connectivity index (χ4v) is 3.89. The Bertz CT molecular complexity index is 493. The monoisotopic (exact) mass is 402 g/mol. The molecule has 0 aromatic heterocycles. The van der Waals surface area contributed by atoms with E-state index in [1.165, 1.54) is 0 Å². The van der Waals surface area contributed by atoms with Crippen LogP contribution in [0.15, 0.2) is 27.1 Å². The molecule has 0 bridgehead atoms. The molecule has 0 N–H and O–H groups in total. The van der Waals surface area contributed by atoms with Crippen LogP contribution < -0.4 is 0 Å². The van der Waals surface area contributed by atoms with Crippen LogP contribution in [0.1, 0.15) is 30.1 Å². The van der Waals surface area contributed by atoms with Crippen molar-refractivity contribution >= 4 is 37.8 Å². The molecule has 0 radical (unpaired) electrons. The number of benzene rings is 1. The Morgan fingerprint density at radius 2 is 2.10 bits per heavy atom. The van der Waals surface area contributed by atoms with Crippen molar-refractivity contribution in [3.8, 4) is 0 Å². The number of carbonyl (C=O) groups is 1. The van der Waals surface area contributed by atoms with Gasteiger partial charge in [0, 0.05) is 28.1 Å². The van der Waals surface area contributed by atoms with E-state index in [0.717, 1.165) is 47.0 Å². The maximum atomic E-state index is 12.8. The van der Waals surface area contributed by atoms with E-state index < -0.39 is 0 Å². The Labute approximate surface area is 137 Å². The van der Waals surface area contributed by atoms with Crippen LogP contribution >= 0.6 is 31.9 Å². The van der Waals surface area contributed by atoms with Crippen LogP contribution in [0, 0.1) is 0 Å². The third-order valence-electron chi connectivity index (χ3n) is 3.80. The normalized spacial score (nSPS) is 20.8. The van der Waals surface area contributed by atoms with Crippen molar-refractivity contribution in [2.24, 2.45) is 0 Å². The maximum Gasteiger partial charge on any atom is 0.255 e. The van der Waals surface area contributed by atoms with E-state index in [1.54, 1.807) is 0 Å². The summed E-state index contributed by atoms with van der Waals surface area (Å²) in [4.78, 5) is 17.2. The molecule has 1 aliphatic heterocycles. The van der Waals surface area contributed by atoms with Gasteiger partial charge < -0.3 is 9.80 Å². The van der Waals surface area contributed by atoms with Crippen LogP contribution in [0.3, 0.4) is 0 Å². The first-order chi connectivity index (χ1) is 9.52. The van der Waals surface area contributed by atoms with Gasteiger partial charge >= 0.3 is 0 Å². The molecule has 3 nitrogen and oxygen atoms in total. The lowest BCUT2D eigenvalue weighted by Crippen LogP contribution is -2.43. The first-order valence-corrected chi connectivity index (χ1v) is 8.56. The van der Waals surface area contributed by atoms with Crippen LogP contribution in [0.25, 0.3) is 0 Å². The summed E-state index contributed by atoms with van der Waals surface area (Å²) in [6.45, 7) is 5.00. The van der Waals surface area contributed by atoms with Crippen molar-refractivity contribution in [1.29, 1.82) is 0 Å². The summed E-state index contributed by atoms with van der Waals surface area (Å²) in [5.41, 5.74) is 0.746. The minimum Gasteiger partial charge on any atom is -0.334 e. The molecule has 1 aromatic rings. The second-order valence-electron chi connectivity index (χ2n) is 5.30. The van der Waals surface area contributed by atoms with Crippen molar-refractivity contribution in [3.63, 3.8) is 0 Å². The number of likely N-dealkylation sites (N-methyl/N-ethyl adjacent to an activating group) is 1. The molecule has 1 saturated heterocycles. The summed E-state index contributed by atoms with van der Waals surface area (Å²) in [5.74, 6) is 0.131. The molecule has 20 heavy (non-hydrogen) atoms. The highest BCUT2D eigenvalue weighted by molar-refractivity contribution is 9.11. The predicted molar refractivity (Wildman–Crippen MR) is 89.1 cm³/mol. The molecule has 1 unspecified atom stereocenters. The highest BCUT2D eigenvalue weighted by atomic mass is 79.9. The summed E-state index contributed by atoms with van der Waals surface area (Å²) < 4.78 is 1.83. The minimum absolute atomic E-state index is 0.131. The van der Waals surface area contributed by atoms with Gasteiger partial charge in [-0.1, -0.05) is 22.9 Å². The maximum absolute atomic E-state index is 12.8. The zero-order valence-corrected chi connectivity index (χ0v) is 15.1. The van der Waals surface area contributed by atoms with Crippen molar-refractivity contribution in [3.05, 3.63) is 32.7 Å².